The fourth-order valence-corrected chi connectivity index (χ4v) is 1.58. The summed E-state index contributed by atoms with van der Waals surface area (Å²) in [4.78, 5) is 22.3. The van der Waals surface area contributed by atoms with Crippen LogP contribution in [0.2, 0.25) is 5.02 Å². The molecule has 1 rings (SSSR count). The zero-order valence-electron chi connectivity index (χ0n) is 10.0. The zero-order chi connectivity index (χ0) is 14.3. The number of carbonyl (C=O) groups is 2. The van der Waals surface area contributed by atoms with E-state index in [0.29, 0.717) is 10.6 Å². The van der Waals surface area contributed by atoms with Gasteiger partial charge in [0.05, 0.1) is 0 Å². The van der Waals surface area contributed by atoms with Gasteiger partial charge in [-0.05, 0) is 17.7 Å². The minimum atomic E-state index is -1.19. The van der Waals surface area contributed by atoms with E-state index in [1.54, 1.807) is 24.3 Å². The van der Waals surface area contributed by atoms with Crippen LogP contribution in [0.4, 0.5) is 0 Å². The molecule has 0 saturated heterocycles. The maximum Gasteiger partial charge on any atom is 0.326 e. The molecule has 1 aromatic carbocycles. The van der Waals surface area contributed by atoms with Gasteiger partial charge >= 0.3 is 5.97 Å². The second kappa shape index (κ2) is 7.56. The van der Waals surface area contributed by atoms with Crippen LogP contribution < -0.4 is 5.32 Å². The number of aliphatic hydroxyl groups is 1. The van der Waals surface area contributed by atoms with Gasteiger partial charge in [-0.25, -0.2) is 4.79 Å². The number of halogens is 1. The Balaban J connectivity index is 2.64. The van der Waals surface area contributed by atoms with Gasteiger partial charge in [0.1, 0.15) is 6.04 Å². The molecule has 0 heterocycles. The van der Waals surface area contributed by atoms with E-state index in [9.17, 15) is 9.59 Å². The molecule has 102 valence electrons. The Bertz CT molecular complexity index is 487. The van der Waals surface area contributed by atoms with Crippen molar-refractivity contribution < 1.29 is 19.8 Å². The third kappa shape index (κ3) is 5.11. The smallest absolute Gasteiger partial charge is 0.326 e. The molecule has 6 heteroatoms. The first-order valence-electron chi connectivity index (χ1n) is 5.61. The van der Waals surface area contributed by atoms with Crippen LogP contribution in [0.25, 0.3) is 6.08 Å². The fraction of sp³-hybridized carbons (Fsp3) is 0.231. The average Bonchev–Trinajstić information content (AvgIpc) is 2.37. The van der Waals surface area contributed by atoms with Gasteiger partial charge in [-0.15, -0.1) is 0 Å². The number of carbonyl (C=O) groups excluding carboxylic acids is 1. The molecule has 0 aromatic heterocycles. The van der Waals surface area contributed by atoms with Crippen LogP contribution in [0.1, 0.15) is 12.0 Å². The standard InChI is InChI=1S/C13H14ClNO4/c14-10-4-2-1-3-9(10)5-6-12(17)15-11(7-8-16)13(18)19/h1-6,11,16H,7-8H2,(H,15,17)(H,18,19)/b6-5+/t11-/m1/s1. The van der Waals surface area contributed by atoms with Crippen molar-refractivity contribution in [1.29, 1.82) is 0 Å². The Morgan fingerprint density at radius 3 is 2.63 bits per heavy atom. The lowest BCUT2D eigenvalue weighted by Gasteiger charge is -2.11. The van der Waals surface area contributed by atoms with Crippen LogP contribution in [-0.2, 0) is 9.59 Å². The molecule has 0 saturated carbocycles. The van der Waals surface area contributed by atoms with E-state index in [-0.39, 0.29) is 13.0 Å². The first kappa shape index (κ1) is 15.2. The molecule has 0 bridgehead atoms. The number of hydrogen-bond donors (Lipinski definition) is 3. The first-order valence-corrected chi connectivity index (χ1v) is 5.99. The van der Waals surface area contributed by atoms with Crippen LogP contribution in [0.3, 0.4) is 0 Å². The summed E-state index contributed by atoms with van der Waals surface area (Å²) < 4.78 is 0. The maximum absolute atomic E-state index is 11.5. The number of carboxylic acid groups (broad SMARTS) is 1. The summed E-state index contributed by atoms with van der Waals surface area (Å²) in [6.07, 6.45) is 2.66. The average molecular weight is 284 g/mol. The third-order valence-electron chi connectivity index (χ3n) is 2.35. The lowest BCUT2D eigenvalue weighted by Crippen LogP contribution is -2.40. The van der Waals surface area contributed by atoms with Crippen molar-refractivity contribution in [3.8, 4) is 0 Å². The van der Waals surface area contributed by atoms with Crippen molar-refractivity contribution in [2.75, 3.05) is 6.61 Å². The second-order valence-corrected chi connectivity index (χ2v) is 4.17. The largest absolute Gasteiger partial charge is 0.480 e. The number of benzene rings is 1. The van der Waals surface area contributed by atoms with E-state index in [4.69, 9.17) is 21.8 Å². The van der Waals surface area contributed by atoms with Gasteiger partial charge in [-0.2, -0.15) is 0 Å². The Labute approximate surface area is 115 Å². The zero-order valence-corrected chi connectivity index (χ0v) is 10.8. The van der Waals surface area contributed by atoms with Crippen LogP contribution in [0, 0.1) is 0 Å². The van der Waals surface area contributed by atoms with Gasteiger partial charge in [0, 0.05) is 24.1 Å². The number of amides is 1. The molecule has 0 unspecified atom stereocenters. The molecule has 0 aliphatic rings. The summed E-state index contributed by atoms with van der Waals surface area (Å²) in [5.74, 6) is -1.74. The van der Waals surface area contributed by atoms with Crippen molar-refractivity contribution in [2.45, 2.75) is 12.5 Å². The highest BCUT2D eigenvalue weighted by Crippen LogP contribution is 2.15. The number of aliphatic hydroxyl groups excluding tert-OH is 1. The molecule has 0 aliphatic carbocycles. The predicted molar refractivity (Wildman–Crippen MR) is 71.8 cm³/mol. The van der Waals surface area contributed by atoms with Gasteiger partial charge in [0.15, 0.2) is 0 Å². The van der Waals surface area contributed by atoms with E-state index in [1.807, 2.05) is 0 Å². The Morgan fingerprint density at radius 2 is 2.05 bits per heavy atom. The summed E-state index contributed by atoms with van der Waals surface area (Å²) in [5.41, 5.74) is 0.661. The Kier molecular flexibility index (Phi) is 6.05. The number of nitrogens with one attached hydrogen (secondary N) is 1. The van der Waals surface area contributed by atoms with Crippen LogP contribution in [-0.4, -0.2) is 34.7 Å². The molecular weight excluding hydrogens is 270 g/mol. The van der Waals surface area contributed by atoms with Crippen molar-refractivity contribution in [3.05, 3.63) is 40.9 Å². The number of rotatable bonds is 6. The van der Waals surface area contributed by atoms with Gasteiger partial charge in [0.25, 0.3) is 0 Å². The molecule has 0 aliphatic heterocycles. The minimum absolute atomic E-state index is 0.0407. The quantitative estimate of drug-likeness (QED) is 0.687. The third-order valence-corrected chi connectivity index (χ3v) is 2.70. The van der Waals surface area contributed by atoms with Gasteiger partial charge < -0.3 is 15.5 Å². The van der Waals surface area contributed by atoms with E-state index >= 15 is 0 Å². The molecular formula is C13H14ClNO4. The lowest BCUT2D eigenvalue weighted by molar-refractivity contribution is -0.141. The van der Waals surface area contributed by atoms with Crippen molar-refractivity contribution >= 4 is 29.6 Å². The van der Waals surface area contributed by atoms with Crippen LogP contribution in [0.5, 0.6) is 0 Å². The summed E-state index contributed by atoms with van der Waals surface area (Å²) in [6, 6.07) is 5.85. The molecule has 0 spiro atoms. The first-order chi connectivity index (χ1) is 9.04. The monoisotopic (exact) mass is 283 g/mol. The van der Waals surface area contributed by atoms with E-state index < -0.39 is 17.9 Å². The SMILES string of the molecule is O=C(/C=C/c1ccccc1Cl)N[C@H](CCO)C(=O)O. The summed E-state index contributed by atoms with van der Waals surface area (Å²) in [5, 5.41) is 20.3. The Hall–Kier alpha value is -1.85. The highest BCUT2D eigenvalue weighted by Gasteiger charge is 2.17. The molecule has 5 nitrogen and oxygen atoms in total. The van der Waals surface area contributed by atoms with Crippen LogP contribution >= 0.6 is 11.6 Å². The molecule has 0 fully saturated rings. The molecule has 0 radical (unpaired) electrons. The second-order valence-electron chi connectivity index (χ2n) is 3.77. The van der Waals surface area contributed by atoms with Crippen LogP contribution in [0.15, 0.2) is 30.3 Å². The predicted octanol–water partition coefficient (Wildman–Crippen LogP) is 1.30. The summed E-state index contributed by atoms with van der Waals surface area (Å²) >= 11 is 5.90. The molecule has 1 atom stereocenters. The minimum Gasteiger partial charge on any atom is -0.480 e. The van der Waals surface area contributed by atoms with Gasteiger partial charge in [-0.3, -0.25) is 4.79 Å². The Morgan fingerprint density at radius 1 is 1.37 bits per heavy atom. The van der Waals surface area contributed by atoms with Crippen molar-refractivity contribution in [2.24, 2.45) is 0 Å². The van der Waals surface area contributed by atoms with E-state index in [0.717, 1.165) is 0 Å². The van der Waals surface area contributed by atoms with Gasteiger partial charge in [-0.1, -0.05) is 29.8 Å². The van der Waals surface area contributed by atoms with E-state index in [1.165, 1.54) is 12.2 Å². The molecule has 3 N–H and O–H groups in total. The summed E-state index contributed by atoms with van der Waals surface area (Å²) in [7, 11) is 0. The highest BCUT2D eigenvalue weighted by atomic mass is 35.5. The van der Waals surface area contributed by atoms with Crippen molar-refractivity contribution in [3.63, 3.8) is 0 Å². The topological polar surface area (TPSA) is 86.6 Å². The van der Waals surface area contributed by atoms with E-state index in [2.05, 4.69) is 5.32 Å². The number of carboxylic acids is 1. The molecule has 19 heavy (non-hydrogen) atoms. The maximum atomic E-state index is 11.5. The van der Waals surface area contributed by atoms with Crippen molar-refractivity contribution in [1.82, 2.24) is 5.32 Å². The lowest BCUT2D eigenvalue weighted by atomic mass is 10.2. The van der Waals surface area contributed by atoms with Gasteiger partial charge in [0.2, 0.25) is 5.91 Å². The molecule has 1 amide bonds. The summed E-state index contributed by atoms with van der Waals surface area (Å²) in [6.45, 7) is -0.314. The number of aliphatic carboxylic acids is 1. The normalized spacial score (nSPS) is 12.3. The number of hydrogen-bond acceptors (Lipinski definition) is 3. The fourth-order valence-electron chi connectivity index (χ4n) is 1.38. The highest BCUT2D eigenvalue weighted by molar-refractivity contribution is 6.32. The molecule has 1 aromatic rings.